The maximum absolute atomic E-state index is 12.2. The van der Waals surface area contributed by atoms with Gasteiger partial charge < -0.3 is 18.9 Å². The van der Waals surface area contributed by atoms with Crippen LogP contribution in [0.1, 0.15) is 0 Å². The molecule has 0 N–H and O–H groups in total. The fourth-order valence-corrected chi connectivity index (χ4v) is 2.46. The molecule has 0 heterocycles. The number of rotatable bonds is 6. The summed E-state index contributed by atoms with van der Waals surface area (Å²) < 4.78 is 21.3. The Morgan fingerprint density at radius 3 is 1.36 bits per heavy atom. The van der Waals surface area contributed by atoms with Gasteiger partial charge in [-0.05, 0) is 24.3 Å². The molecule has 25 heavy (non-hydrogen) atoms. The van der Waals surface area contributed by atoms with Crippen LogP contribution in [0.5, 0.6) is 11.5 Å². The summed E-state index contributed by atoms with van der Waals surface area (Å²) in [5, 5.41) is 0. The second-order valence-corrected chi connectivity index (χ2v) is 5.18. The van der Waals surface area contributed by atoms with Crippen molar-refractivity contribution in [2.45, 2.75) is 5.79 Å². The molecule has 0 fully saturated rings. The Labute approximate surface area is 144 Å². The van der Waals surface area contributed by atoms with Gasteiger partial charge in [0.1, 0.15) is 22.6 Å². The summed E-state index contributed by atoms with van der Waals surface area (Å²) in [7, 11) is 2.44. The maximum atomic E-state index is 12.2. The van der Waals surface area contributed by atoms with Crippen molar-refractivity contribution in [1.82, 2.24) is 0 Å². The first kappa shape index (κ1) is 16.6. The van der Waals surface area contributed by atoms with Crippen molar-refractivity contribution in [2.75, 3.05) is 14.2 Å². The lowest BCUT2D eigenvalue weighted by atomic mass is 10.3. The molecular formula is C19H16O6. The van der Waals surface area contributed by atoms with E-state index in [2.05, 4.69) is 0 Å². The molecule has 1 aliphatic carbocycles. The Kier molecular flexibility index (Phi) is 4.43. The first-order valence-corrected chi connectivity index (χ1v) is 7.52. The van der Waals surface area contributed by atoms with Gasteiger partial charge in [-0.15, -0.1) is 0 Å². The summed E-state index contributed by atoms with van der Waals surface area (Å²) in [4.78, 5) is 24.3. The van der Waals surface area contributed by atoms with E-state index in [0.717, 1.165) is 0 Å². The lowest BCUT2D eigenvalue weighted by molar-refractivity contribution is -0.138. The standard InChI is InChI=1S/C19H16O6/c1-22-17(20)15-16(18(21)23-2)19(15,24-13-9-5-3-6-10-13)25-14-11-7-4-8-12-14/h3-12H,1-2H3. The largest absolute Gasteiger partial charge is 0.465 e. The summed E-state index contributed by atoms with van der Waals surface area (Å²) in [6, 6.07) is 17.5. The van der Waals surface area contributed by atoms with Gasteiger partial charge >= 0.3 is 17.7 Å². The van der Waals surface area contributed by atoms with Gasteiger partial charge in [-0.3, -0.25) is 0 Å². The van der Waals surface area contributed by atoms with E-state index in [1.54, 1.807) is 48.5 Å². The molecule has 0 radical (unpaired) electrons. The number of benzene rings is 2. The Hall–Kier alpha value is -3.28. The van der Waals surface area contributed by atoms with Crippen LogP contribution in [-0.2, 0) is 19.1 Å². The van der Waals surface area contributed by atoms with Gasteiger partial charge in [0.05, 0.1) is 14.2 Å². The fourth-order valence-electron chi connectivity index (χ4n) is 2.46. The van der Waals surface area contributed by atoms with Crippen LogP contribution in [-0.4, -0.2) is 31.9 Å². The van der Waals surface area contributed by atoms with Crippen molar-refractivity contribution in [1.29, 1.82) is 0 Å². The second kappa shape index (κ2) is 6.68. The first-order chi connectivity index (χ1) is 12.1. The Bertz CT molecular complexity index is 741. The quantitative estimate of drug-likeness (QED) is 0.594. The van der Waals surface area contributed by atoms with Crippen LogP contribution < -0.4 is 9.47 Å². The molecule has 6 nitrogen and oxygen atoms in total. The number of carbonyl (C=O) groups excluding carboxylic acids is 2. The molecule has 0 bridgehead atoms. The van der Waals surface area contributed by atoms with E-state index in [1.165, 1.54) is 14.2 Å². The second-order valence-electron chi connectivity index (χ2n) is 5.18. The van der Waals surface area contributed by atoms with Crippen molar-refractivity contribution < 1.29 is 28.5 Å². The summed E-state index contributed by atoms with van der Waals surface area (Å²) in [6.07, 6.45) is 0. The lowest BCUT2D eigenvalue weighted by Crippen LogP contribution is -2.35. The first-order valence-electron chi connectivity index (χ1n) is 7.52. The van der Waals surface area contributed by atoms with Gasteiger partial charge in [0.15, 0.2) is 0 Å². The third-order valence-corrected chi connectivity index (χ3v) is 3.63. The predicted molar refractivity (Wildman–Crippen MR) is 87.9 cm³/mol. The summed E-state index contributed by atoms with van der Waals surface area (Å²) in [6.45, 7) is 0. The lowest BCUT2D eigenvalue weighted by Gasteiger charge is -2.22. The highest BCUT2D eigenvalue weighted by Crippen LogP contribution is 2.49. The van der Waals surface area contributed by atoms with Gasteiger partial charge in [0.25, 0.3) is 0 Å². The van der Waals surface area contributed by atoms with E-state index >= 15 is 0 Å². The van der Waals surface area contributed by atoms with E-state index in [1.807, 2.05) is 12.1 Å². The molecule has 2 aromatic carbocycles. The summed E-state index contributed by atoms with van der Waals surface area (Å²) in [5.41, 5.74) is -0.0379. The average Bonchev–Trinajstić information content (AvgIpc) is 3.29. The normalized spacial score (nSPS) is 14.5. The third kappa shape index (κ3) is 3.06. The molecule has 6 heteroatoms. The topological polar surface area (TPSA) is 71.1 Å². The van der Waals surface area contributed by atoms with Crippen molar-refractivity contribution in [2.24, 2.45) is 0 Å². The van der Waals surface area contributed by atoms with Crippen LogP contribution in [0.25, 0.3) is 0 Å². The van der Waals surface area contributed by atoms with Gasteiger partial charge in [-0.25, -0.2) is 9.59 Å². The van der Waals surface area contributed by atoms with Crippen molar-refractivity contribution in [3.8, 4) is 11.5 Å². The minimum absolute atomic E-state index is 0.0189. The Morgan fingerprint density at radius 2 is 1.04 bits per heavy atom. The number of hydrogen-bond acceptors (Lipinski definition) is 6. The molecule has 0 aromatic heterocycles. The highest BCUT2D eigenvalue weighted by atomic mass is 16.7. The molecule has 0 spiro atoms. The van der Waals surface area contributed by atoms with Crippen LogP contribution >= 0.6 is 0 Å². The van der Waals surface area contributed by atoms with Gasteiger partial charge in [0, 0.05) is 0 Å². The molecule has 128 valence electrons. The molecular weight excluding hydrogens is 324 g/mol. The zero-order valence-electron chi connectivity index (χ0n) is 13.7. The predicted octanol–water partition coefficient (Wildman–Crippen LogP) is 2.50. The van der Waals surface area contributed by atoms with E-state index in [0.29, 0.717) is 11.5 Å². The minimum Gasteiger partial charge on any atom is -0.465 e. The van der Waals surface area contributed by atoms with Crippen LogP contribution in [0.4, 0.5) is 0 Å². The smallest absolute Gasteiger partial charge is 0.342 e. The van der Waals surface area contributed by atoms with Crippen molar-refractivity contribution >= 4 is 11.9 Å². The van der Waals surface area contributed by atoms with E-state index in [9.17, 15) is 9.59 Å². The number of para-hydroxylation sites is 2. The van der Waals surface area contributed by atoms with Crippen LogP contribution in [0.2, 0.25) is 0 Å². The zero-order valence-corrected chi connectivity index (χ0v) is 13.7. The number of esters is 2. The zero-order chi connectivity index (χ0) is 17.9. The SMILES string of the molecule is COC(=O)C1=C(C(=O)OC)C1(Oc1ccccc1)Oc1ccccc1. The number of carbonyl (C=O) groups is 2. The monoisotopic (exact) mass is 340 g/mol. The number of ether oxygens (including phenoxy) is 4. The van der Waals surface area contributed by atoms with Crippen molar-refractivity contribution in [3.63, 3.8) is 0 Å². The van der Waals surface area contributed by atoms with Crippen LogP contribution in [0.3, 0.4) is 0 Å². The molecule has 0 atom stereocenters. The van der Waals surface area contributed by atoms with Crippen LogP contribution in [0, 0.1) is 0 Å². The number of hydrogen-bond donors (Lipinski definition) is 0. The van der Waals surface area contributed by atoms with E-state index < -0.39 is 17.7 Å². The Balaban J connectivity index is 2.01. The molecule has 0 unspecified atom stereocenters. The van der Waals surface area contributed by atoms with Crippen LogP contribution in [0.15, 0.2) is 71.8 Å². The molecule has 3 rings (SSSR count). The molecule has 0 aliphatic heterocycles. The number of methoxy groups -OCH3 is 2. The summed E-state index contributed by atoms with van der Waals surface area (Å²) >= 11 is 0. The fraction of sp³-hybridized carbons (Fsp3) is 0.158. The van der Waals surface area contributed by atoms with Gasteiger partial charge in [-0.2, -0.15) is 0 Å². The van der Waals surface area contributed by atoms with E-state index in [4.69, 9.17) is 18.9 Å². The van der Waals surface area contributed by atoms with Crippen molar-refractivity contribution in [3.05, 3.63) is 71.8 Å². The molecule has 0 saturated heterocycles. The summed E-state index contributed by atoms with van der Waals surface area (Å²) in [5.74, 6) is -2.25. The molecule has 1 aliphatic rings. The van der Waals surface area contributed by atoms with E-state index in [-0.39, 0.29) is 11.1 Å². The maximum Gasteiger partial charge on any atom is 0.342 e. The molecule has 0 amide bonds. The highest BCUT2D eigenvalue weighted by Gasteiger charge is 2.68. The molecule has 2 aromatic rings. The molecule has 0 saturated carbocycles. The Morgan fingerprint density at radius 1 is 0.680 bits per heavy atom. The average molecular weight is 340 g/mol. The minimum atomic E-state index is -1.68. The highest BCUT2D eigenvalue weighted by molar-refractivity contribution is 6.13. The van der Waals surface area contributed by atoms with Gasteiger partial charge in [0.2, 0.25) is 0 Å². The van der Waals surface area contributed by atoms with Gasteiger partial charge in [-0.1, -0.05) is 36.4 Å². The third-order valence-electron chi connectivity index (χ3n) is 3.63.